The van der Waals surface area contributed by atoms with Gasteiger partial charge in [-0.2, -0.15) is 0 Å². The lowest BCUT2D eigenvalue weighted by Crippen LogP contribution is -2.41. The maximum Gasteiger partial charge on any atom is 0.239 e. The summed E-state index contributed by atoms with van der Waals surface area (Å²) >= 11 is 3.26. The van der Waals surface area contributed by atoms with Crippen molar-refractivity contribution >= 4 is 27.7 Å². The van der Waals surface area contributed by atoms with E-state index in [1.165, 1.54) is 0 Å². The molecule has 0 saturated carbocycles. The predicted octanol–water partition coefficient (Wildman–Crippen LogP) is 0.285. The highest BCUT2D eigenvalue weighted by atomic mass is 79.9. The smallest absolute Gasteiger partial charge is 0.239 e. The molecule has 0 aromatic rings. The van der Waals surface area contributed by atoms with E-state index in [2.05, 4.69) is 26.6 Å². The molecule has 0 spiro atoms. The molecular weight excluding hydrogens is 276 g/mol. The minimum Gasteiger partial charge on any atom is -0.383 e. The van der Waals surface area contributed by atoms with Crippen LogP contribution < -0.4 is 10.6 Å². The van der Waals surface area contributed by atoms with E-state index in [1.54, 1.807) is 7.11 Å². The van der Waals surface area contributed by atoms with Crippen LogP contribution in [0, 0.1) is 5.92 Å². The summed E-state index contributed by atoms with van der Waals surface area (Å²) in [7, 11) is 1.56. The van der Waals surface area contributed by atoms with E-state index >= 15 is 0 Å². The van der Waals surface area contributed by atoms with Crippen LogP contribution in [0.5, 0.6) is 0 Å². The minimum atomic E-state index is -0.265. The van der Waals surface area contributed by atoms with Gasteiger partial charge in [0, 0.05) is 13.7 Å². The molecule has 0 rings (SSSR count). The maximum absolute atomic E-state index is 11.5. The fraction of sp³-hybridized carbons (Fsp3) is 0.800. The zero-order valence-corrected chi connectivity index (χ0v) is 11.5. The van der Waals surface area contributed by atoms with Crippen molar-refractivity contribution in [3.8, 4) is 0 Å². The van der Waals surface area contributed by atoms with Gasteiger partial charge in [0.15, 0.2) is 0 Å². The van der Waals surface area contributed by atoms with Gasteiger partial charge >= 0.3 is 0 Å². The van der Waals surface area contributed by atoms with Gasteiger partial charge < -0.3 is 15.4 Å². The molecule has 16 heavy (non-hydrogen) atoms. The Hall–Kier alpha value is -0.620. The van der Waals surface area contributed by atoms with Crippen LogP contribution in [0.3, 0.4) is 0 Å². The Morgan fingerprint density at radius 3 is 2.44 bits per heavy atom. The summed E-state index contributed by atoms with van der Waals surface area (Å²) in [5.41, 5.74) is 0. The summed E-state index contributed by atoms with van der Waals surface area (Å²) < 4.78 is 4.78. The predicted molar refractivity (Wildman–Crippen MR) is 65.4 cm³/mol. The second-order valence-electron chi connectivity index (χ2n) is 3.71. The average molecular weight is 295 g/mol. The normalized spacial score (nSPS) is 12.3. The average Bonchev–Trinajstić information content (AvgIpc) is 2.25. The molecule has 94 valence electrons. The summed E-state index contributed by atoms with van der Waals surface area (Å²) in [6, 6.07) is 0. The Bertz CT molecular complexity index is 234. The van der Waals surface area contributed by atoms with Gasteiger partial charge in [0.25, 0.3) is 0 Å². The molecule has 1 unspecified atom stereocenters. The Morgan fingerprint density at radius 2 is 1.94 bits per heavy atom. The van der Waals surface area contributed by atoms with E-state index in [0.717, 1.165) is 0 Å². The zero-order valence-electron chi connectivity index (χ0n) is 9.88. The monoisotopic (exact) mass is 294 g/mol. The summed E-state index contributed by atoms with van der Waals surface area (Å²) in [6.07, 6.45) is 0. The number of nitrogens with one attached hydrogen (secondary N) is 2. The molecule has 5 nitrogen and oxygen atoms in total. The standard InChI is InChI=1S/C10H19BrN2O3/c1-7(2)9(11)10(15)13-6-8(14)12-4-5-16-3/h7,9H,4-6H2,1-3H3,(H,12,14)(H,13,15). The highest BCUT2D eigenvalue weighted by Crippen LogP contribution is 2.11. The lowest BCUT2D eigenvalue weighted by Gasteiger charge is -2.13. The van der Waals surface area contributed by atoms with Gasteiger partial charge in [-0.1, -0.05) is 29.8 Å². The summed E-state index contributed by atoms with van der Waals surface area (Å²) in [6.45, 7) is 4.77. The van der Waals surface area contributed by atoms with Crippen molar-refractivity contribution in [1.29, 1.82) is 0 Å². The van der Waals surface area contributed by atoms with Gasteiger partial charge in [-0.3, -0.25) is 9.59 Å². The van der Waals surface area contributed by atoms with Crippen LogP contribution in [0.2, 0.25) is 0 Å². The van der Waals surface area contributed by atoms with E-state index in [0.29, 0.717) is 13.2 Å². The molecule has 0 heterocycles. The van der Waals surface area contributed by atoms with Crippen molar-refractivity contribution in [2.75, 3.05) is 26.8 Å². The van der Waals surface area contributed by atoms with E-state index in [1.807, 2.05) is 13.8 Å². The largest absolute Gasteiger partial charge is 0.383 e. The number of ether oxygens (including phenoxy) is 1. The number of amides is 2. The van der Waals surface area contributed by atoms with E-state index in [-0.39, 0.29) is 29.1 Å². The molecule has 0 aromatic carbocycles. The first-order valence-corrected chi connectivity index (χ1v) is 6.08. The number of hydrogen-bond donors (Lipinski definition) is 2. The van der Waals surface area contributed by atoms with E-state index in [4.69, 9.17) is 4.74 Å². The van der Waals surface area contributed by atoms with Crippen molar-refractivity contribution in [3.05, 3.63) is 0 Å². The maximum atomic E-state index is 11.5. The van der Waals surface area contributed by atoms with Gasteiger partial charge in [-0.05, 0) is 5.92 Å². The van der Waals surface area contributed by atoms with Gasteiger partial charge in [-0.25, -0.2) is 0 Å². The second kappa shape index (κ2) is 8.52. The first kappa shape index (κ1) is 15.4. The number of carbonyl (C=O) groups is 2. The van der Waals surface area contributed by atoms with Gasteiger partial charge in [0.05, 0.1) is 18.0 Å². The molecular formula is C10H19BrN2O3. The lowest BCUT2D eigenvalue weighted by molar-refractivity contribution is -0.126. The molecule has 0 aliphatic carbocycles. The molecule has 2 N–H and O–H groups in total. The SMILES string of the molecule is COCCNC(=O)CNC(=O)C(Br)C(C)C. The molecule has 0 fully saturated rings. The van der Waals surface area contributed by atoms with Gasteiger partial charge in [-0.15, -0.1) is 0 Å². The fourth-order valence-corrected chi connectivity index (χ4v) is 1.08. The number of rotatable bonds is 7. The molecule has 2 amide bonds. The summed E-state index contributed by atoms with van der Waals surface area (Å²) in [5, 5.41) is 5.16. The van der Waals surface area contributed by atoms with Gasteiger partial charge in [0.2, 0.25) is 11.8 Å². The Kier molecular flexibility index (Phi) is 8.19. The molecule has 6 heteroatoms. The molecule has 0 saturated heterocycles. The molecule has 0 aliphatic heterocycles. The molecule has 0 bridgehead atoms. The zero-order chi connectivity index (χ0) is 12.6. The van der Waals surface area contributed by atoms with Crippen LogP contribution >= 0.6 is 15.9 Å². The molecule has 0 aromatic heterocycles. The highest BCUT2D eigenvalue weighted by Gasteiger charge is 2.18. The Balaban J connectivity index is 3.71. The van der Waals surface area contributed by atoms with Crippen LogP contribution in [0.1, 0.15) is 13.8 Å². The molecule has 0 radical (unpaired) electrons. The summed E-state index contributed by atoms with van der Waals surface area (Å²) in [5.74, 6) is -0.192. The molecule has 0 aliphatic rings. The second-order valence-corrected chi connectivity index (χ2v) is 4.69. The number of hydrogen-bond acceptors (Lipinski definition) is 3. The Labute approximate surface area is 104 Å². The van der Waals surface area contributed by atoms with Crippen LogP contribution in [-0.4, -0.2) is 43.4 Å². The third-order valence-electron chi connectivity index (χ3n) is 1.89. The lowest BCUT2D eigenvalue weighted by atomic mass is 10.1. The highest BCUT2D eigenvalue weighted by molar-refractivity contribution is 9.10. The molecule has 1 atom stereocenters. The van der Waals surface area contributed by atoms with Crippen molar-refractivity contribution in [1.82, 2.24) is 10.6 Å². The quantitative estimate of drug-likeness (QED) is 0.524. The third-order valence-corrected chi connectivity index (χ3v) is 3.36. The topological polar surface area (TPSA) is 67.4 Å². The fourth-order valence-electron chi connectivity index (χ4n) is 0.923. The summed E-state index contributed by atoms with van der Waals surface area (Å²) in [4.78, 5) is 22.4. The number of methoxy groups -OCH3 is 1. The van der Waals surface area contributed by atoms with Crippen LogP contribution in [0.15, 0.2) is 0 Å². The van der Waals surface area contributed by atoms with Crippen molar-refractivity contribution < 1.29 is 14.3 Å². The third kappa shape index (κ3) is 6.79. The van der Waals surface area contributed by atoms with Crippen LogP contribution in [0.25, 0.3) is 0 Å². The Morgan fingerprint density at radius 1 is 1.31 bits per heavy atom. The number of alkyl halides is 1. The van der Waals surface area contributed by atoms with Crippen LogP contribution in [0.4, 0.5) is 0 Å². The van der Waals surface area contributed by atoms with Crippen molar-refractivity contribution in [2.24, 2.45) is 5.92 Å². The number of halogens is 1. The van der Waals surface area contributed by atoms with Crippen LogP contribution in [-0.2, 0) is 14.3 Å². The first-order chi connectivity index (χ1) is 7.49. The minimum absolute atomic E-state index is 0.00261. The van der Waals surface area contributed by atoms with Crippen molar-refractivity contribution in [2.45, 2.75) is 18.7 Å². The van der Waals surface area contributed by atoms with E-state index < -0.39 is 0 Å². The van der Waals surface area contributed by atoms with Gasteiger partial charge in [0.1, 0.15) is 0 Å². The van der Waals surface area contributed by atoms with Crippen molar-refractivity contribution in [3.63, 3.8) is 0 Å². The van der Waals surface area contributed by atoms with E-state index in [9.17, 15) is 9.59 Å². The number of carbonyl (C=O) groups excluding carboxylic acids is 2. The first-order valence-electron chi connectivity index (χ1n) is 5.16.